The number of hydrogen-bond acceptors (Lipinski definition) is 10. The topological polar surface area (TPSA) is 297 Å². The number of phenolic OH excluding ortho intramolecular Hbond substituents is 1. The molecule has 0 radical (unpaired) electrons. The number of nitrogens with two attached hydrogens (primary N) is 3. The van der Waals surface area contributed by atoms with Crippen LogP contribution in [0.2, 0.25) is 0 Å². The van der Waals surface area contributed by atoms with E-state index in [9.17, 15) is 39.0 Å². The van der Waals surface area contributed by atoms with Gasteiger partial charge in [0, 0.05) is 25.9 Å². The smallest absolute Gasteiger partial charge is 0.326 e. The number of hydrogen-bond donors (Lipinski definition) is 10. The summed E-state index contributed by atoms with van der Waals surface area (Å²) in [6.45, 7) is 6.05. The Morgan fingerprint density at radius 2 is 1.47 bits per heavy atom. The van der Waals surface area contributed by atoms with Crippen molar-refractivity contribution in [2.75, 3.05) is 19.8 Å². The number of rotatable bonds is 25. The van der Waals surface area contributed by atoms with E-state index in [4.69, 9.17) is 17.2 Å². The zero-order chi connectivity index (χ0) is 44.2. The fourth-order valence-electron chi connectivity index (χ4n) is 6.91. The zero-order valence-corrected chi connectivity index (χ0v) is 34.9. The van der Waals surface area contributed by atoms with Gasteiger partial charge in [-0.05, 0) is 67.7 Å². The second-order valence-corrected chi connectivity index (χ2v) is 15.6. The molecule has 1 heterocycles. The van der Waals surface area contributed by atoms with E-state index in [0.717, 1.165) is 18.4 Å². The van der Waals surface area contributed by atoms with Crippen LogP contribution in [0.15, 0.2) is 59.6 Å². The maximum absolute atomic E-state index is 14.1. The minimum absolute atomic E-state index is 0.0295. The van der Waals surface area contributed by atoms with Crippen LogP contribution in [0, 0.1) is 5.92 Å². The van der Waals surface area contributed by atoms with E-state index in [0.29, 0.717) is 31.2 Å². The number of guanidine groups is 1. The summed E-state index contributed by atoms with van der Waals surface area (Å²) in [6, 6.07) is 9.17. The summed E-state index contributed by atoms with van der Waals surface area (Å²) in [4.78, 5) is 85.7. The molecule has 18 heteroatoms. The van der Waals surface area contributed by atoms with Crippen molar-refractivity contribution < 1.29 is 39.0 Å². The molecule has 6 atom stereocenters. The van der Waals surface area contributed by atoms with Crippen molar-refractivity contribution >= 4 is 41.5 Å². The highest BCUT2D eigenvalue weighted by atomic mass is 16.4. The number of carbonyl (C=O) groups excluding carboxylic acids is 5. The molecule has 13 N–H and O–H groups in total. The van der Waals surface area contributed by atoms with Crippen LogP contribution in [0.1, 0.15) is 83.3 Å². The van der Waals surface area contributed by atoms with Crippen LogP contribution in [0.25, 0.3) is 0 Å². The Morgan fingerprint density at radius 3 is 2.10 bits per heavy atom. The Kier molecular flexibility index (Phi) is 20.3. The molecular formula is C42H64N10O8. The van der Waals surface area contributed by atoms with Gasteiger partial charge in [-0.1, -0.05) is 76.1 Å². The minimum atomic E-state index is -1.21. The van der Waals surface area contributed by atoms with E-state index in [1.54, 1.807) is 36.4 Å². The Balaban J connectivity index is 1.73. The molecule has 330 valence electrons. The van der Waals surface area contributed by atoms with E-state index in [-0.39, 0.29) is 63.1 Å². The number of unbranched alkanes of at least 4 members (excludes halogenated alkanes) is 1. The summed E-state index contributed by atoms with van der Waals surface area (Å²) >= 11 is 0. The van der Waals surface area contributed by atoms with Gasteiger partial charge in [-0.2, -0.15) is 0 Å². The van der Waals surface area contributed by atoms with Gasteiger partial charge in [-0.15, -0.1) is 0 Å². The van der Waals surface area contributed by atoms with Gasteiger partial charge in [0.1, 0.15) is 29.9 Å². The second-order valence-electron chi connectivity index (χ2n) is 15.6. The summed E-state index contributed by atoms with van der Waals surface area (Å²) in [5.41, 5.74) is 18.5. The summed E-state index contributed by atoms with van der Waals surface area (Å²) in [6.07, 6.45) is 3.85. The molecule has 60 heavy (non-hydrogen) atoms. The van der Waals surface area contributed by atoms with Gasteiger partial charge in [0.15, 0.2) is 5.96 Å². The Labute approximate surface area is 351 Å². The molecule has 0 aromatic heterocycles. The largest absolute Gasteiger partial charge is 0.508 e. The average molecular weight is 837 g/mol. The monoisotopic (exact) mass is 836 g/mol. The van der Waals surface area contributed by atoms with Gasteiger partial charge < -0.3 is 53.6 Å². The SMILES string of the molecule is CCCC[C@H](N)C(=O)N[C@@H](Cc1ccc(O)cc1)C(=O)N[C@@H](CC(C)C)C(=O)NCN[C@@H](CCCN=C(N)N)C(=O)N1CCC[C@H]1C(=O)N[C@@H](Cc1ccccc1)C(=O)O. The molecule has 5 amide bonds. The normalized spacial score (nSPS) is 16.1. The fraction of sp³-hybridized carbons (Fsp3) is 0.548. The van der Waals surface area contributed by atoms with E-state index in [1.165, 1.54) is 17.0 Å². The van der Waals surface area contributed by atoms with Crippen LogP contribution < -0.4 is 43.8 Å². The first-order valence-corrected chi connectivity index (χ1v) is 20.7. The molecule has 0 spiro atoms. The molecule has 18 nitrogen and oxygen atoms in total. The summed E-state index contributed by atoms with van der Waals surface area (Å²) in [7, 11) is 0. The molecule has 0 saturated carbocycles. The minimum Gasteiger partial charge on any atom is -0.508 e. The molecule has 2 aromatic rings. The lowest BCUT2D eigenvalue weighted by Gasteiger charge is -2.30. The third-order valence-electron chi connectivity index (χ3n) is 10.1. The number of likely N-dealkylation sites (tertiary alicyclic amines) is 1. The highest BCUT2D eigenvalue weighted by Gasteiger charge is 2.38. The van der Waals surface area contributed by atoms with Crippen LogP contribution in [0.5, 0.6) is 5.75 Å². The highest BCUT2D eigenvalue weighted by molar-refractivity contribution is 5.94. The van der Waals surface area contributed by atoms with Crippen molar-refractivity contribution in [1.82, 2.24) is 31.5 Å². The van der Waals surface area contributed by atoms with Gasteiger partial charge in [0.05, 0.1) is 18.8 Å². The molecule has 2 aromatic carbocycles. The number of aliphatic imine (C=N–C) groups is 1. The number of phenols is 1. The number of carbonyl (C=O) groups is 6. The first-order valence-electron chi connectivity index (χ1n) is 20.7. The van der Waals surface area contributed by atoms with Crippen molar-refractivity contribution in [1.29, 1.82) is 0 Å². The quantitative estimate of drug-likeness (QED) is 0.0281. The van der Waals surface area contributed by atoms with Gasteiger partial charge >= 0.3 is 5.97 Å². The Bertz CT molecular complexity index is 1740. The number of amides is 5. The molecule has 1 saturated heterocycles. The van der Waals surface area contributed by atoms with Crippen LogP contribution in [-0.4, -0.2) is 113 Å². The first kappa shape index (κ1) is 48.6. The van der Waals surface area contributed by atoms with E-state index in [1.807, 2.05) is 26.8 Å². The third kappa shape index (κ3) is 16.5. The first-order chi connectivity index (χ1) is 28.6. The number of benzene rings is 2. The molecule has 0 unspecified atom stereocenters. The van der Waals surface area contributed by atoms with Crippen molar-refractivity contribution in [3.63, 3.8) is 0 Å². The van der Waals surface area contributed by atoms with Crippen molar-refractivity contribution in [3.8, 4) is 5.75 Å². The van der Waals surface area contributed by atoms with E-state index in [2.05, 4.69) is 31.6 Å². The third-order valence-corrected chi connectivity index (χ3v) is 10.1. The number of nitrogens with one attached hydrogen (secondary N) is 5. The molecule has 1 aliphatic heterocycles. The zero-order valence-electron chi connectivity index (χ0n) is 34.9. The van der Waals surface area contributed by atoms with Gasteiger partial charge in [0.2, 0.25) is 29.5 Å². The number of nitrogens with zero attached hydrogens (tertiary/aromatic N) is 2. The lowest BCUT2D eigenvalue weighted by Crippen LogP contribution is -2.58. The van der Waals surface area contributed by atoms with Crippen molar-refractivity contribution in [3.05, 3.63) is 65.7 Å². The fourth-order valence-corrected chi connectivity index (χ4v) is 6.91. The molecule has 1 aliphatic rings. The van der Waals surface area contributed by atoms with Crippen LogP contribution in [0.4, 0.5) is 0 Å². The van der Waals surface area contributed by atoms with E-state index >= 15 is 0 Å². The van der Waals surface area contributed by atoms with Gasteiger partial charge in [0.25, 0.3) is 0 Å². The number of aliphatic carboxylic acids is 1. The lowest BCUT2D eigenvalue weighted by molar-refractivity contribution is -0.144. The highest BCUT2D eigenvalue weighted by Crippen LogP contribution is 2.21. The maximum atomic E-state index is 14.1. The van der Waals surface area contributed by atoms with E-state index < -0.39 is 71.8 Å². The molecular weight excluding hydrogens is 773 g/mol. The number of carboxylic acids is 1. The summed E-state index contributed by atoms with van der Waals surface area (Å²) in [5, 5.41) is 33.7. The predicted molar refractivity (Wildman–Crippen MR) is 227 cm³/mol. The van der Waals surface area contributed by atoms with Crippen molar-refractivity contribution in [2.45, 2.75) is 121 Å². The average Bonchev–Trinajstić information content (AvgIpc) is 3.71. The molecule has 1 fully saturated rings. The molecule has 0 aliphatic carbocycles. The number of carboxylic acid groups (broad SMARTS) is 1. The van der Waals surface area contributed by atoms with Crippen LogP contribution in [0.3, 0.4) is 0 Å². The number of aromatic hydroxyl groups is 1. The summed E-state index contributed by atoms with van der Waals surface area (Å²) in [5.74, 6) is -3.94. The van der Waals surface area contributed by atoms with Crippen molar-refractivity contribution in [2.24, 2.45) is 28.1 Å². The van der Waals surface area contributed by atoms with Crippen LogP contribution >= 0.6 is 0 Å². The van der Waals surface area contributed by atoms with Gasteiger partial charge in [-0.3, -0.25) is 34.3 Å². The van der Waals surface area contributed by atoms with Crippen LogP contribution in [-0.2, 0) is 41.6 Å². The molecule has 3 rings (SSSR count). The summed E-state index contributed by atoms with van der Waals surface area (Å²) < 4.78 is 0. The molecule has 0 bridgehead atoms. The second kappa shape index (κ2) is 25.0. The Hall–Kier alpha value is -5.75. The maximum Gasteiger partial charge on any atom is 0.326 e. The lowest BCUT2D eigenvalue weighted by atomic mass is 10.0. The standard InChI is InChI=1S/C42H64N10O8/c1-4-5-13-30(43)36(54)49-33(23-28-16-18-29(53)19-17-28)38(56)50-32(22-26(2)3)37(55)48-25-47-31(14-9-20-46-42(44)45)40(58)52-21-10-15-35(52)39(57)51-34(41(59)60)24-27-11-7-6-8-12-27/h6-8,11-12,16-19,26,30-35,47,53H,4-5,9-10,13-15,20-25,43H2,1-3H3,(H,48,55)(H,49,54)(H,50,56)(H,51,57)(H,59,60)(H4,44,45,46)/t30-,31-,32-,33-,34-,35-/m0/s1. The predicted octanol–water partition coefficient (Wildman–Crippen LogP) is 0.357. The van der Waals surface area contributed by atoms with Gasteiger partial charge in [-0.25, -0.2) is 4.79 Å². The Morgan fingerprint density at radius 1 is 0.817 bits per heavy atom.